The van der Waals surface area contributed by atoms with Crippen LogP contribution in [0.4, 0.5) is 5.69 Å². The van der Waals surface area contributed by atoms with E-state index in [9.17, 15) is 4.79 Å². The summed E-state index contributed by atoms with van der Waals surface area (Å²) in [6.07, 6.45) is 6.01. The van der Waals surface area contributed by atoms with Gasteiger partial charge in [0.2, 0.25) is 0 Å². The number of epoxide rings is 1. The van der Waals surface area contributed by atoms with Crippen LogP contribution in [0.2, 0.25) is 0 Å². The molecule has 3 aliphatic heterocycles. The highest BCUT2D eigenvalue weighted by Crippen LogP contribution is 2.62. The highest BCUT2D eigenvalue weighted by Gasteiger charge is 2.65. The number of fused-ring (bicyclic) bond motifs is 3. The quantitative estimate of drug-likeness (QED) is 0.548. The van der Waals surface area contributed by atoms with Gasteiger partial charge in [-0.15, -0.1) is 0 Å². The Morgan fingerprint density at radius 2 is 1.97 bits per heavy atom. The van der Waals surface area contributed by atoms with Gasteiger partial charge in [-0.25, -0.2) is 0 Å². The normalized spacial score (nSPS) is 42.3. The molecule has 2 saturated carbocycles. The summed E-state index contributed by atoms with van der Waals surface area (Å²) in [5, 5.41) is 0. The van der Waals surface area contributed by atoms with E-state index in [0.29, 0.717) is 11.8 Å². The predicted molar refractivity (Wildman–Crippen MR) is 120 cm³/mol. The molecule has 0 unspecified atom stereocenters. The molecule has 0 bridgehead atoms. The van der Waals surface area contributed by atoms with Crippen LogP contribution in [0, 0.1) is 30.1 Å². The molecular formula is C26H36N2O3. The van der Waals surface area contributed by atoms with Crippen LogP contribution >= 0.6 is 0 Å². The molecule has 31 heavy (non-hydrogen) atoms. The van der Waals surface area contributed by atoms with Crippen LogP contribution in [0.3, 0.4) is 0 Å². The minimum atomic E-state index is 0.0396. The van der Waals surface area contributed by atoms with Crippen LogP contribution < -0.4 is 4.90 Å². The second kappa shape index (κ2) is 7.21. The van der Waals surface area contributed by atoms with Crippen molar-refractivity contribution in [2.45, 2.75) is 57.7 Å². The molecule has 0 amide bonds. The average Bonchev–Trinajstić information content (AvgIpc) is 3.45. The van der Waals surface area contributed by atoms with E-state index in [1.807, 2.05) is 0 Å². The van der Waals surface area contributed by atoms with Crippen molar-refractivity contribution in [1.82, 2.24) is 4.90 Å². The average molecular weight is 425 g/mol. The number of carbonyl (C=O) groups excluding carboxylic acids is 1. The van der Waals surface area contributed by atoms with E-state index in [1.54, 1.807) is 0 Å². The topological polar surface area (TPSA) is 45.3 Å². The lowest BCUT2D eigenvalue weighted by molar-refractivity contribution is -0.147. The van der Waals surface area contributed by atoms with Gasteiger partial charge < -0.3 is 14.4 Å². The van der Waals surface area contributed by atoms with Crippen LogP contribution in [-0.4, -0.2) is 61.9 Å². The first-order valence-electron chi connectivity index (χ1n) is 12.3. The van der Waals surface area contributed by atoms with Crippen molar-refractivity contribution in [1.29, 1.82) is 0 Å². The number of benzene rings is 1. The number of anilines is 1. The van der Waals surface area contributed by atoms with E-state index in [-0.39, 0.29) is 29.0 Å². The number of rotatable bonds is 3. The third-order valence-electron chi connectivity index (χ3n) is 9.27. The molecule has 168 valence electrons. The van der Waals surface area contributed by atoms with E-state index in [4.69, 9.17) is 9.47 Å². The molecule has 1 aromatic rings. The Kier molecular flexibility index (Phi) is 4.66. The molecule has 5 heteroatoms. The zero-order valence-corrected chi connectivity index (χ0v) is 19.0. The Hall–Kier alpha value is -1.59. The van der Waals surface area contributed by atoms with Gasteiger partial charge >= 0.3 is 5.97 Å². The summed E-state index contributed by atoms with van der Waals surface area (Å²) in [5.41, 5.74) is 3.04. The number of ether oxygens (including phenoxy) is 2. The van der Waals surface area contributed by atoms with Gasteiger partial charge in [0.15, 0.2) is 0 Å². The maximum Gasteiger partial charge on any atom is 0.310 e. The van der Waals surface area contributed by atoms with Crippen LogP contribution in [0.25, 0.3) is 0 Å². The Balaban J connectivity index is 1.12. The maximum absolute atomic E-state index is 12.9. The minimum absolute atomic E-state index is 0.0396. The van der Waals surface area contributed by atoms with Gasteiger partial charge in [0.05, 0.1) is 18.1 Å². The summed E-state index contributed by atoms with van der Waals surface area (Å²) in [6.45, 7) is 10.5. The molecule has 1 aromatic carbocycles. The molecule has 0 radical (unpaired) electrons. The predicted octanol–water partition coefficient (Wildman–Crippen LogP) is 3.64. The Morgan fingerprint density at radius 1 is 1.16 bits per heavy atom. The van der Waals surface area contributed by atoms with E-state index in [0.717, 1.165) is 52.2 Å². The van der Waals surface area contributed by atoms with Crippen LogP contribution in [0.5, 0.6) is 0 Å². The number of hydrogen-bond donors (Lipinski definition) is 0. The zero-order valence-electron chi connectivity index (χ0n) is 19.0. The van der Waals surface area contributed by atoms with E-state index >= 15 is 0 Å². The summed E-state index contributed by atoms with van der Waals surface area (Å²) < 4.78 is 12.1. The highest BCUT2D eigenvalue weighted by atomic mass is 16.6. The molecule has 5 aliphatic rings. The van der Waals surface area contributed by atoms with Gasteiger partial charge in [-0.05, 0) is 68.1 Å². The lowest BCUT2D eigenvalue weighted by Crippen LogP contribution is -2.52. The monoisotopic (exact) mass is 424 g/mol. The lowest BCUT2D eigenvalue weighted by atomic mass is 9.53. The van der Waals surface area contributed by atoms with E-state index in [2.05, 4.69) is 47.9 Å². The fourth-order valence-corrected chi connectivity index (χ4v) is 7.46. The summed E-state index contributed by atoms with van der Waals surface area (Å²) in [7, 11) is 0. The molecule has 3 saturated heterocycles. The van der Waals surface area contributed by atoms with Gasteiger partial charge in [-0.1, -0.05) is 19.1 Å². The number of carbonyl (C=O) groups is 1. The number of piperazine rings is 1. The van der Waals surface area contributed by atoms with Crippen molar-refractivity contribution in [2.24, 2.45) is 23.2 Å². The first-order valence-corrected chi connectivity index (χ1v) is 12.3. The fraction of sp³-hybridized carbons (Fsp3) is 0.731. The van der Waals surface area contributed by atoms with Gasteiger partial charge in [0.25, 0.3) is 0 Å². The van der Waals surface area contributed by atoms with Crippen molar-refractivity contribution in [2.75, 3.05) is 44.2 Å². The van der Waals surface area contributed by atoms with Crippen molar-refractivity contribution in [3.63, 3.8) is 0 Å². The van der Waals surface area contributed by atoms with E-state index < -0.39 is 0 Å². The van der Waals surface area contributed by atoms with Crippen molar-refractivity contribution >= 4 is 11.7 Å². The third kappa shape index (κ3) is 3.39. The van der Waals surface area contributed by atoms with E-state index in [1.165, 1.54) is 30.5 Å². The fourth-order valence-electron chi connectivity index (χ4n) is 7.46. The molecule has 6 rings (SSSR count). The molecule has 0 aromatic heterocycles. The number of esters is 1. The van der Waals surface area contributed by atoms with Crippen LogP contribution in [0.15, 0.2) is 24.3 Å². The molecule has 3 heterocycles. The van der Waals surface area contributed by atoms with Crippen LogP contribution in [0.1, 0.15) is 44.6 Å². The standard InChI is InChI=1S/C26H36N2O3/c1-18-5-3-6-19(13-18)28-11-9-27(10-12-28)16-21-20-14-23-25(2,15-22(20)31-24(21)29)7-4-8-26(23)17-30-26/h3,5-6,13,20-23H,4,7-12,14-17H2,1-2H3/t20-,21-,22-,23+,25-,26-/m1/s1. The molecule has 6 atom stereocenters. The SMILES string of the molecule is Cc1cccc(N2CCN(C[C@H]3C(=O)O[C@@H]4C[C@@]5(C)CCC[C@@]6(CO6)[C@H]5C[C@@H]43)CC2)c1. The van der Waals surface area contributed by atoms with Crippen molar-refractivity contribution in [3.8, 4) is 0 Å². The van der Waals surface area contributed by atoms with Gasteiger partial charge in [-0.2, -0.15) is 0 Å². The Morgan fingerprint density at radius 3 is 2.71 bits per heavy atom. The van der Waals surface area contributed by atoms with Crippen LogP contribution in [-0.2, 0) is 14.3 Å². The zero-order chi connectivity index (χ0) is 21.2. The van der Waals surface area contributed by atoms with Gasteiger partial charge in [0, 0.05) is 44.3 Å². The number of nitrogens with zero attached hydrogens (tertiary/aromatic N) is 2. The first kappa shape index (κ1) is 20.0. The van der Waals surface area contributed by atoms with Gasteiger partial charge in [-0.3, -0.25) is 9.69 Å². The molecule has 2 aliphatic carbocycles. The summed E-state index contributed by atoms with van der Waals surface area (Å²) in [6, 6.07) is 8.78. The lowest BCUT2D eigenvalue weighted by Gasteiger charge is -2.51. The summed E-state index contributed by atoms with van der Waals surface area (Å²) >= 11 is 0. The highest BCUT2D eigenvalue weighted by molar-refractivity contribution is 5.75. The van der Waals surface area contributed by atoms with Gasteiger partial charge in [0.1, 0.15) is 6.10 Å². The maximum atomic E-state index is 12.9. The second-order valence-electron chi connectivity index (χ2n) is 11.2. The summed E-state index contributed by atoms with van der Waals surface area (Å²) in [4.78, 5) is 17.9. The van der Waals surface area contributed by atoms with Crippen molar-refractivity contribution in [3.05, 3.63) is 29.8 Å². The molecular weight excluding hydrogens is 388 g/mol. The number of hydrogen-bond acceptors (Lipinski definition) is 5. The molecule has 5 nitrogen and oxygen atoms in total. The summed E-state index contributed by atoms with van der Waals surface area (Å²) in [5.74, 6) is 1.08. The molecule has 5 fully saturated rings. The Bertz CT molecular complexity index is 860. The third-order valence-corrected chi connectivity index (χ3v) is 9.27. The second-order valence-corrected chi connectivity index (χ2v) is 11.2. The largest absolute Gasteiger partial charge is 0.462 e. The van der Waals surface area contributed by atoms with Crippen molar-refractivity contribution < 1.29 is 14.3 Å². The minimum Gasteiger partial charge on any atom is -0.462 e. The first-order chi connectivity index (χ1) is 15.0. The molecule has 1 spiro atoms. The Labute approximate surface area is 186 Å². The molecule has 0 N–H and O–H groups in total. The smallest absolute Gasteiger partial charge is 0.310 e. The number of aryl methyl sites for hydroxylation is 1.